The first kappa shape index (κ1) is 11.6. The van der Waals surface area contributed by atoms with Gasteiger partial charge in [0, 0.05) is 30.1 Å². The van der Waals surface area contributed by atoms with Crippen molar-refractivity contribution in [3.8, 4) is 11.8 Å². The molecule has 0 fully saturated rings. The van der Waals surface area contributed by atoms with E-state index in [2.05, 4.69) is 27.4 Å². The smallest absolute Gasteiger partial charge is 0.240 e. The second-order valence-electron chi connectivity index (χ2n) is 3.93. The number of hydrogen-bond donors (Lipinski definition) is 2. The number of aromatic nitrogens is 3. The molecule has 0 aromatic carbocycles. The number of nitrogens with one attached hydrogen (secondary N) is 2. The van der Waals surface area contributed by atoms with Crippen molar-refractivity contribution in [3.05, 3.63) is 35.7 Å². The van der Waals surface area contributed by atoms with Crippen molar-refractivity contribution in [2.24, 2.45) is 0 Å². The first-order chi connectivity index (χ1) is 8.19. The van der Waals surface area contributed by atoms with E-state index in [4.69, 9.17) is 4.74 Å². The number of aryl methyl sites for hydroxylation is 1. The Morgan fingerprint density at radius 2 is 2.18 bits per heavy atom. The van der Waals surface area contributed by atoms with Crippen molar-refractivity contribution in [1.82, 2.24) is 20.5 Å². The molecule has 2 heterocycles. The lowest BCUT2D eigenvalue weighted by atomic mass is 10.1. The van der Waals surface area contributed by atoms with E-state index in [1.165, 1.54) is 0 Å². The Morgan fingerprint density at radius 1 is 1.35 bits per heavy atom. The van der Waals surface area contributed by atoms with Crippen LogP contribution in [0.4, 0.5) is 0 Å². The van der Waals surface area contributed by atoms with Crippen LogP contribution in [-0.4, -0.2) is 22.2 Å². The van der Waals surface area contributed by atoms with Crippen LogP contribution in [0, 0.1) is 6.92 Å². The summed E-state index contributed by atoms with van der Waals surface area (Å²) < 4.78 is 5.49. The summed E-state index contributed by atoms with van der Waals surface area (Å²) in [4.78, 5) is 4.24. The van der Waals surface area contributed by atoms with E-state index in [1.807, 2.05) is 32.2 Å². The van der Waals surface area contributed by atoms with E-state index in [1.54, 1.807) is 6.20 Å². The molecule has 0 aliphatic carbocycles. The third-order valence-corrected chi connectivity index (χ3v) is 2.58. The van der Waals surface area contributed by atoms with Crippen LogP contribution in [0.5, 0.6) is 11.8 Å². The van der Waals surface area contributed by atoms with Crippen molar-refractivity contribution in [2.45, 2.75) is 19.9 Å². The van der Waals surface area contributed by atoms with Crippen molar-refractivity contribution in [2.75, 3.05) is 7.05 Å². The highest BCUT2D eigenvalue weighted by Gasteiger charge is 2.05. The highest BCUT2D eigenvalue weighted by molar-refractivity contribution is 5.24. The molecule has 0 aliphatic heterocycles. The quantitative estimate of drug-likeness (QED) is 0.848. The van der Waals surface area contributed by atoms with E-state index >= 15 is 0 Å². The fourth-order valence-electron chi connectivity index (χ4n) is 1.43. The number of H-pyrrole nitrogens is 1. The molecule has 0 spiro atoms. The first-order valence-electron chi connectivity index (χ1n) is 5.52. The summed E-state index contributed by atoms with van der Waals surface area (Å²) in [5.74, 6) is 1.08. The van der Waals surface area contributed by atoms with Gasteiger partial charge in [0.25, 0.3) is 0 Å². The van der Waals surface area contributed by atoms with Crippen LogP contribution in [0.3, 0.4) is 0 Å². The third-order valence-electron chi connectivity index (χ3n) is 2.58. The predicted octanol–water partition coefficient (Wildman–Crippen LogP) is 2.19. The van der Waals surface area contributed by atoms with Crippen molar-refractivity contribution >= 4 is 0 Å². The van der Waals surface area contributed by atoms with Gasteiger partial charge in [-0.1, -0.05) is 6.07 Å². The van der Waals surface area contributed by atoms with Gasteiger partial charge in [0.1, 0.15) is 0 Å². The molecule has 5 heteroatoms. The Balaban J connectivity index is 2.08. The standard InChI is InChI=1S/C12H16N4O/c1-8-6-12(16-15-8)17-11-5-4-10(7-14-11)9(2)13-3/h4-7,9,13H,1-3H3,(H,15,16). The highest BCUT2D eigenvalue weighted by atomic mass is 16.5. The number of aromatic amines is 1. The van der Waals surface area contributed by atoms with Gasteiger partial charge in [-0.15, -0.1) is 5.10 Å². The fraction of sp³-hybridized carbons (Fsp3) is 0.333. The van der Waals surface area contributed by atoms with Crippen LogP contribution in [0.25, 0.3) is 0 Å². The minimum atomic E-state index is 0.282. The van der Waals surface area contributed by atoms with E-state index in [0.29, 0.717) is 11.8 Å². The zero-order valence-electron chi connectivity index (χ0n) is 10.2. The Labute approximate surface area is 100 Å². The zero-order chi connectivity index (χ0) is 12.3. The normalized spacial score (nSPS) is 12.4. The molecule has 0 amide bonds. The van der Waals surface area contributed by atoms with Gasteiger partial charge in [0.2, 0.25) is 11.8 Å². The third kappa shape index (κ3) is 2.82. The molecule has 0 aliphatic rings. The maximum Gasteiger partial charge on any atom is 0.240 e. The molecule has 0 bridgehead atoms. The maximum absolute atomic E-state index is 5.49. The monoisotopic (exact) mass is 232 g/mol. The van der Waals surface area contributed by atoms with Gasteiger partial charge in [-0.05, 0) is 26.5 Å². The van der Waals surface area contributed by atoms with E-state index in [0.717, 1.165) is 11.3 Å². The van der Waals surface area contributed by atoms with Gasteiger partial charge < -0.3 is 10.1 Å². The first-order valence-corrected chi connectivity index (χ1v) is 5.52. The van der Waals surface area contributed by atoms with Gasteiger partial charge in [0.05, 0.1) is 0 Å². The fourth-order valence-corrected chi connectivity index (χ4v) is 1.43. The van der Waals surface area contributed by atoms with Crippen LogP contribution in [0.1, 0.15) is 24.2 Å². The zero-order valence-corrected chi connectivity index (χ0v) is 10.2. The average molecular weight is 232 g/mol. The maximum atomic E-state index is 5.49. The minimum Gasteiger partial charge on any atom is -0.419 e. The van der Waals surface area contributed by atoms with E-state index < -0.39 is 0 Å². The molecule has 0 saturated carbocycles. The summed E-state index contributed by atoms with van der Waals surface area (Å²) in [5, 5.41) is 9.96. The van der Waals surface area contributed by atoms with Gasteiger partial charge >= 0.3 is 0 Å². The molecule has 2 rings (SSSR count). The molecule has 1 atom stereocenters. The summed E-state index contributed by atoms with van der Waals surface area (Å²) in [7, 11) is 1.92. The van der Waals surface area contributed by atoms with Crippen LogP contribution < -0.4 is 10.1 Å². The molecule has 90 valence electrons. The molecular weight excluding hydrogens is 216 g/mol. The van der Waals surface area contributed by atoms with Crippen LogP contribution in [-0.2, 0) is 0 Å². The van der Waals surface area contributed by atoms with Crippen molar-refractivity contribution < 1.29 is 4.74 Å². The Bertz CT molecular complexity index is 478. The molecule has 2 aromatic heterocycles. The summed E-state index contributed by atoms with van der Waals surface area (Å²) in [6, 6.07) is 5.94. The SMILES string of the molecule is CNC(C)c1ccc(Oc2cc(C)[nH]n2)nc1. The number of pyridine rings is 1. The Hall–Kier alpha value is -1.88. The van der Waals surface area contributed by atoms with Gasteiger partial charge in [-0.2, -0.15) is 0 Å². The number of nitrogens with zero attached hydrogens (tertiary/aromatic N) is 2. The van der Waals surface area contributed by atoms with Crippen molar-refractivity contribution in [1.29, 1.82) is 0 Å². The van der Waals surface area contributed by atoms with Crippen LogP contribution in [0.15, 0.2) is 24.4 Å². The van der Waals surface area contributed by atoms with Gasteiger partial charge in [-0.3, -0.25) is 5.10 Å². The lowest BCUT2D eigenvalue weighted by molar-refractivity contribution is 0.442. The lowest BCUT2D eigenvalue weighted by Gasteiger charge is -2.10. The van der Waals surface area contributed by atoms with Crippen LogP contribution >= 0.6 is 0 Å². The number of rotatable bonds is 4. The predicted molar refractivity (Wildman–Crippen MR) is 65.1 cm³/mol. The lowest BCUT2D eigenvalue weighted by Crippen LogP contribution is -2.12. The molecule has 0 saturated heterocycles. The van der Waals surface area contributed by atoms with E-state index in [-0.39, 0.29) is 6.04 Å². The van der Waals surface area contributed by atoms with E-state index in [9.17, 15) is 0 Å². The molecule has 2 N–H and O–H groups in total. The summed E-state index contributed by atoms with van der Waals surface area (Å²) in [5.41, 5.74) is 2.08. The van der Waals surface area contributed by atoms with Crippen LogP contribution in [0.2, 0.25) is 0 Å². The number of ether oxygens (including phenoxy) is 1. The molecule has 2 aromatic rings. The Kier molecular flexibility index (Phi) is 3.39. The second kappa shape index (κ2) is 4.97. The molecule has 0 radical (unpaired) electrons. The summed E-state index contributed by atoms with van der Waals surface area (Å²) in [6.07, 6.45) is 1.80. The largest absolute Gasteiger partial charge is 0.419 e. The Morgan fingerprint density at radius 3 is 2.71 bits per heavy atom. The number of hydrogen-bond acceptors (Lipinski definition) is 4. The molecule has 17 heavy (non-hydrogen) atoms. The molecular formula is C12H16N4O. The minimum absolute atomic E-state index is 0.282. The average Bonchev–Trinajstić information content (AvgIpc) is 2.75. The molecule has 5 nitrogen and oxygen atoms in total. The van der Waals surface area contributed by atoms with Crippen molar-refractivity contribution in [3.63, 3.8) is 0 Å². The summed E-state index contributed by atoms with van der Waals surface area (Å²) in [6.45, 7) is 4.00. The highest BCUT2D eigenvalue weighted by Crippen LogP contribution is 2.19. The summed E-state index contributed by atoms with van der Waals surface area (Å²) >= 11 is 0. The van der Waals surface area contributed by atoms with Gasteiger partial charge in [-0.25, -0.2) is 4.98 Å². The van der Waals surface area contributed by atoms with Gasteiger partial charge in [0.15, 0.2) is 0 Å². The molecule has 1 unspecified atom stereocenters. The topological polar surface area (TPSA) is 62.8 Å². The second-order valence-corrected chi connectivity index (χ2v) is 3.93.